The summed E-state index contributed by atoms with van der Waals surface area (Å²) in [5, 5.41) is 10.5. The Bertz CT molecular complexity index is 736. The highest BCUT2D eigenvalue weighted by molar-refractivity contribution is 5.78. The zero-order valence-electron chi connectivity index (χ0n) is 14.3. The number of nitrogens with one attached hydrogen (secondary N) is 2. The molecule has 3 rings (SSSR count). The van der Waals surface area contributed by atoms with Crippen molar-refractivity contribution in [3.05, 3.63) is 47.5 Å². The number of aromatic nitrogens is 2. The van der Waals surface area contributed by atoms with Crippen molar-refractivity contribution in [3.63, 3.8) is 0 Å². The molecular weight excluding hydrogens is 307 g/mol. The number of fused-ring (bicyclic) bond motifs is 1. The lowest BCUT2D eigenvalue weighted by molar-refractivity contribution is -0.121. The van der Waals surface area contributed by atoms with E-state index in [1.165, 1.54) is 12.1 Å². The number of benzene rings is 1. The largest absolute Gasteiger partial charge is 0.348 e. The van der Waals surface area contributed by atoms with Crippen molar-refractivity contribution >= 4 is 5.91 Å². The second-order valence-corrected chi connectivity index (χ2v) is 7.13. The third-order valence-electron chi connectivity index (χ3n) is 4.42. The fraction of sp³-hybridized carbons (Fsp3) is 0.444. The monoisotopic (exact) mass is 330 g/mol. The normalized spacial score (nSPS) is 18.9. The summed E-state index contributed by atoms with van der Waals surface area (Å²) in [6, 6.07) is 6.25. The molecule has 1 unspecified atom stereocenters. The molecule has 0 radical (unpaired) electrons. The van der Waals surface area contributed by atoms with Crippen LogP contribution in [0.2, 0.25) is 0 Å². The molecule has 1 aliphatic carbocycles. The minimum absolute atomic E-state index is 0.0271. The molecule has 128 valence electrons. The van der Waals surface area contributed by atoms with E-state index in [9.17, 15) is 9.18 Å². The number of nitrogens with zero attached hydrogens (tertiary/aromatic N) is 2. The predicted octanol–water partition coefficient (Wildman–Crippen LogP) is 2.36. The summed E-state index contributed by atoms with van der Waals surface area (Å²) >= 11 is 0. The van der Waals surface area contributed by atoms with Crippen LogP contribution in [0.3, 0.4) is 0 Å². The van der Waals surface area contributed by atoms with Crippen LogP contribution in [0.4, 0.5) is 4.39 Å². The number of rotatable bonds is 4. The van der Waals surface area contributed by atoms with Crippen molar-refractivity contribution in [1.29, 1.82) is 0 Å². The maximum Gasteiger partial charge on any atom is 0.234 e. The van der Waals surface area contributed by atoms with Gasteiger partial charge in [0.15, 0.2) is 0 Å². The average molecular weight is 330 g/mol. The van der Waals surface area contributed by atoms with Crippen molar-refractivity contribution in [2.24, 2.45) is 5.41 Å². The SMILES string of the molecule is CNCC(=O)NC1CC(C)(C)Cc2c1cnn2-c1ccc(F)cc1. The summed E-state index contributed by atoms with van der Waals surface area (Å²) in [5.74, 6) is -0.294. The summed E-state index contributed by atoms with van der Waals surface area (Å²) in [4.78, 5) is 12.0. The number of carbonyl (C=O) groups is 1. The molecule has 0 fully saturated rings. The van der Waals surface area contributed by atoms with Crippen molar-refractivity contribution < 1.29 is 9.18 Å². The van der Waals surface area contributed by atoms with Gasteiger partial charge < -0.3 is 10.6 Å². The minimum atomic E-state index is -0.266. The molecule has 0 saturated carbocycles. The Balaban J connectivity index is 1.96. The fourth-order valence-electron chi connectivity index (χ4n) is 3.38. The van der Waals surface area contributed by atoms with Crippen molar-refractivity contribution in [3.8, 4) is 5.69 Å². The molecule has 0 aliphatic heterocycles. The Morgan fingerprint density at radius 1 is 1.38 bits per heavy atom. The van der Waals surface area contributed by atoms with Crippen LogP contribution in [0.15, 0.2) is 30.5 Å². The van der Waals surface area contributed by atoms with Crippen LogP contribution >= 0.6 is 0 Å². The maximum absolute atomic E-state index is 13.2. The van der Waals surface area contributed by atoms with E-state index in [0.29, 0.717) is 6.54 Å². The van der Waals surface area contributed by atoms with E-state index >= 15 is 0 Å². The molecule has 6 heteroatoms. The second-order valence-electron chi connectivity index (χ2n) is 7.13. The molecule has 1 aromatic heterocycles. The number of carbonyl (C=O) groups excluding carboxylic acids is 1. The summed E-state index contributed by atoms with van der Waals surface area (Å²) < 4.78 is 15.0. The number of hydrogen-bond acceptors (Lipinski definition) is 3. The van der Waals surface area contributed by atoms with Gasteiger partial charge in [-0.25, -0.2) is 9.07 Å². The third kappa shape index (κ3) is 3.33. The second kappa shape index (κ2) is 6.36. The molecule has 2 N–H and O–H groups in total. The van der Waals surface area contributed by atoms with E-state index in [1.807, 2.05) is 10.9 Å². The summed E-state index contributed by atoms with van der Waals surface area (Å²) in [5.41, 5.74) is 2.99. The summed E-state index contributed by atoms with van der Waals surface area (Å²) in [7, 11) is 1.75. The molecular formula is C18H23FN4O. The molecule has 0 saturated heterocycles. The predicted molar refractivity (Wildman–Crippen MR) is 90.4 cm³/mol. The van der Waals surface area contributed by atoms with Crippen LogP contribution < -0.4 is 10.6 Å². The maximum atomic E-state index is 13.2. The highest BCUT2D eigenvalue weighted by Gasteiger charge is 2.35. The number of halogens is 1. The van der Waals surface area contributed by atoms with Gasteiger partial charge in [0.1, 0.15) is 5.82 Å². The topological polar surface area (TPSA) is 59.0 Å². The molecule has 2 aromatic rings. The summed E-state index contributed by atoms with van der Waals surface area (Å²) in [6.07, 6.45) is 3.54. The molecule has 1 aromatic carbocycles. The van der Waals surface area contributed by atoms with Gasteiger partial charge >= 0.3 is 0 Å². The third-order valence-corrected chi connectivity index (χ3v) is 4.42. The molecule has 1 aliphatic rings. The van der Waals surface area contributed by atoms with E-state index < -0.39 is 0 Å². The van der Waals surface area contributed by atoms with Gasteiger partial charge in [0.25, 0.3) is 0 Å². The molecule has 0 bridgehead atoms. The fourth-order valence-corrected chi connectivity index (χ4v) is 3.38. The van der Waals surface area contributed by atoms with Crippen LogP contribution in [0, 0.1) is 11.2 Å². The Labute approximate surface area is 141 Å². The lowest BCUT2D eigenvalue weighted by Gasteiger charge is -2.36. The van der Waals surface area contributed by atoms with Crippen LogP contribution in [-0.2, 0) is 11.2 Å². The van der Waals surface area contributed by atoms with Gasteiger partial charge in [-0.2, -0.15) is 5.10 Å². The Kier molecular flexibility index (Phi) is 4.41. The van der Waals surface area contributed by atoms with E-state index in [4.69, 9.17) is 0 Å². The lowest BCUT2D eigenvalue weighted by atomic mass is 9.74. The first-order chi connectivity index (χ1) is 11.4. The first kappa shape index (κ1) is 16.6. The van der Waals surface area contributed by atoms with Crippen molar-refractivity contribution in [2.75, 3.05) is 13.6 Å². The van der Waals surface area contributed by atoms with E-state index in [2.05, 4.69) is 29.6 Å². The van der Waals surface area contributed by atoms with E-state index in [1.54, 1.807) is 19.2 Å². The molecule has 24 heavy (non-hydrogen) atoms. The quantitative estimate of drug-likeness (QED) is 0.905. The zero-order chi connectivity index (χ0) is 17.3. The van der Waals surface area contributed by atoms with Crippen LogP contribution in [0.1, 0.15) is 37.6 Å². The van der Waals surface area contributed by atoms with Gasteiger partial charge in [0.2, 0.25) is 5.91 Å². The van der Waals surface area contributed by atoms with Crippen LogP contribution in [-0.4, -0.2) is 29.3 Å². The van der Waals surface area contributed by atoms with Gasteiger partial charge in [-0.05, 0) is 49.6 Å². The number of amides is 1. The summed E-state index contributed by atoms with van der Waals surface area (Å²) in [6.45, 7) is 4.67. The highest BCUT2D eigenvalue weighted by Crippen LogP contribution is 2.41. The molecule has 1 amide bonds. The van der Waals surface area contributed by atoms with Crippen LogP contribution in [0.25, 0.3) is 5.69 Å². The molecule has 0 spiro atoms. The zero-order valence-corrected chi connectivity index (χ0v) is 14.3. The number of hydrogen-bond donors (Lipinski definition) is 2. The van der Waals surface area contributed by atoms with E-state index in [0.717, 1.165) is 29.8 Å². The number of likely N-dealkylation sites (N-methyl/N-ethyl adjacent to an activating group) is 1. The first-order valence-electron chi connectivity index (χ1n) is 8.16. The highest BCUT2D eigenvalue weighted by atomic mass is 19.1. The van der Waals surface area contributed by atoms with Gasteiger partial charge in [-0.3, -0.25) is 4.79 Å². The standard InChI is InChI=1S/C18H23FN4O/c1-18(2)8-15(22-17(24)11-20-3)14-10-21-23(16(14)9-18)13-6-4-12(19)5-7-13/h4-7,10,15,20H,8-9,11H2,1-3H3,(H,22,24). The Hall–Kier alpha value is -2.21. The minimum Gasteiger partial charge on any atom is -0.348 e. The molecule has 1 heterocycles. The smallest absolute Gasteiger partial charge is 0.234 e. The lowest BCUT2D eigenvalue weighted by Crippen LogP contribution is -2.39. The van der Waals surface area contributed by atoms with Gasteiger partial charge in [0, 0.05) is 5.56 Å². The van der Waals surface area contributed by atoms with Crippen molar-refractivity contribution in [1.82, 2.24) is 20.4 Å². The van der Waals surface area contributed by atoms with Gasteiger partial charge in [-0.15, -0.1) is 0 Å². The first-order valence-corrected chi connectivity index (χ1v) is 8.16. The van der Waals surface area contributed by atoms with Gasteiger partial charge in [-0.1, -0.05) is 13.8 Å². The van der Waals surface area contributed by atoms with Crippen LogP contribution in [0.5, 0.6) is 0 Å². The average Bonchev–Trinajstić information content (AvgIpc) is 2.90. The van der Waals surface area contributed by atoms with Crippen molar-refractivity contribution in [2.45, 2.75) is 32.7 Å². The molecule has 5 nitrogen and oxygen atoms in total. The van der Waals surface area contributed by atoms with E-state index in [-0.39, 0.29) is 23.2 Å². The Morgan fingerprint density at radius 2 is 2.08 bits per heavy atom. The Morgan fingerprint density at radius 3 is 2.75 bits per heavy atom. The van der Waals surface area contributed by atoms with Gasteiger partial charge in [0.05, 0.1) is 30.2 Å². The molecule has 1 atom stereocenters.